The maximum atomic E-state index is 12.3. The second-order valence-corrected chi connectivity index (χ2v) is 10.3. The second-order valence-electron chi connectivity index (χ2n) is 10.3. The predicted molar refractivity (Wildman–Crippen MR) is 134 cm³/mol. The zero-order chi connectivity index (χ0) is 30.2. The van der Waals surface area contributed by atoms with Crippen LogP contribution in [0, 0.1) is 29.1 Å². The van der Waals surface area contributed by atoms with Crippen LogP contribution in [0.2, 0.25) is 0 Å². The Morgan fingerprint density at radius 3 is 2.73 bits per heavy atom. The number of carbonyl (C=O) groups excluding carboxylic acids is 1. The van der Waals surface area contributed by atoms with E-state index >= 15 is 0 Å². The number of fused-ring (bicyclic) bond motifs is 4. The van der Waals surface area contributed by atoms with Gasteiger partial charge in [-0.15, -0.1) is 5.92 Å². The van der Waals surface area contributed by atoms with Crippen LogP contribution in [0.15, 0.2) is 47.1 Å². The molecule has 0 bridgehead atoms. The fourth-order valence-corrected chi connectivity index (χ4v) is 7.19. The van der Waals surface area contributed by atoms with Gasteiger partial charge in [-0.1, -0.05) is 37.5 Å². The van der Waals surface area contributed by atoms with Crippen molar-refractivity contribution in [3.63, 3.8) is 0 Å². The summed E-state index contributed by atoms with van der Waals surface area (Å²) in [6, 6.07) is 6.65. The summed E-state index contributed by atoms with van der Waals surface area (Å²) < 4.78 is 62.6. The predicted octanol–water partition coefficient (Wildman–Crippen LogP) is 5.80. The average molecular weight is 452 g/mol. The lowest BCUT2D eigenvalue weighted by Crippen LogP contribution is -2.51. The SMILES string of the molecule is [2H]C([2H])(C)C#C[C@]1(O)CC[C@H]2[C@@H]3CCC4=CC(=O)CCC4=C3[C@@H](c3ccc(N(C([2H])([2H])[2H])C([2H])([2H])[2H])cc3)C[C@@]21C. The van der Waals surface area contributed by atoms with Crippen molar-refractivity contribution in [3.05, 3.63) is 52.6 Å². The molecule has 5 atom stereocenters. The first-order chi connectivity index (χ1) is 18.8. The molecule has 0 radical (unpaired) electrons. The summed E-state index contributed by atoms with van der Waals surface area (Å²) >= 11 is 0. The molecule has 5 rings (SSSR count). The molecular weight excluding hydrogens is 406 g/mol. The van der Waals surface area contributed by atoms with Gasteiger partial charge in [0.2, 0.25) is 0 Å². The van der Waals surface area contributed by atoms with Gasteiger partial charge >= 0.3 is 0 Å². The molecule has 2 saturated carbocycles. The highest BCUT2D eigenvalue weighted by Crippen LogP contribution is 2.66. The number of anilines is 1. The molecule has 0 saturated heterocycles. The van der Waals surface area contributed by atoms with Gasteiger partial charge in [0, 0.05) is 54.7 Å². The van der Waals surface area contributed by atoms with E-state index in [4.69, 9.17) is 11.0 Å². The van der Waals surface area contributed by atoms with E-state index in [0.29, 0.717) is 30.6 Å². The van der Waals surface area contributed by atoms with E-state index in [2.05, 4.69) is 18.8 Å². The van der Waals surface area contributed by atoms with E-state index in [1.54, 1.807) is 30.3 Å². The monoisotopic (exact) mass is 451 g/mol. The Bertz CT molecular complexity index is 1340. The average Bonchev–Trinajstić information content (AvgIpc) is 3.11. The highest BCUT2D eigenvalue weighted by atomic mass is 16.3. The topological polar surface area (TPSA) is 40.5 Å². The fourth-order valence-electron chi connectivity index (χ4n) is 7.19. The smallest absolute Gasteiger partial charge is 0.156 e. The number of benzene rings is 1. The second kappa shape index (κ2) is 8.17. The summed E-state index contributed by atoms with van der Waals surface area (Å²) in [5.41, 5.74) is 2.55. The Labute approximate surface area is 210 Å². The van der Waals surface area contributed by atoms with Crippen LogP contribution < -0.4 is 4.90 Å². The minimum absolute atomic E-state index is 0.0729. The molecular formula is C30H37NO2. The summed E-state index contributed by atoms with van der Waals surface area (Å²) in [6.45, 7) is -2.26. The van der Waals surface area contributed by atoms with Crippen molar-refractivity contribution in [1.82, 2.24) is 0 Å². The van der Waals surface area contributed by atoms with Gasteiger partial charge in [-0.3, -0.25) is 4.79 Å². The van der Waals surface area contributed by atoms with Crippen molar-refractivity contribution < 1.29 is 20.9 Å². The third kappa shape index (κ3) is 3.50. The zero-order valence-corrected chi connectivity index (χ0v) is 19.4. The Hall–Kier alpha value is -2.31. The lowest BCUT2D eigenvalue weighted by Gasteiger charge is -2.53. The molecule has 0 amide bonds. The highest BCUT2D eigenvalue weighted by molar-refractivity contribution is 5.93. The molecule has 3 heteroatoms. The van der Waals surface area contributed by atoms with E-state index in [9.17, 15) is 9.90 Å². The van der Waals surface area contributed by atoms with Crippen molar-refractivity contribution in [2.45, 2.75) is 76.7 Å². The van der Waals surface area contributed by atoms with Gasteiger partial charge in [0.25, 0.3) is 0 Å². The van der Waals surface area contributed by atoms with Crippen LogP contribution in [0.4, 0.5) is 5.69 Å². The molecule has 3 nitrogen and oxygen atoms in total. The zero-order valence-electron chi connectivity index (χ0n) is 27.4. The van der Waals surface area contributed by atoms with E-state index < -0.39 is 31.3 Å². The first-order valence-corrected chi connectivity index (χ1v) is 12.0. The number of allylic oxidation sites excluding steroid dienone is 4. The number of hydrogen-bond acceptors (Lipinski definition) is 3. The van der Waals surface area contributed by atoms with Crippen molar-refractivity contribution in [2.75, 3.05) is 18.9 Å². The van der Waals surface area contributed by atoms with Crippen LogP contribution in [0.25, 0.3) is 0 Å². The Balaban J connectivity index is 1.63. The van der Waals surface area contributed by atoms with Crippen LogP contribution in [-0.4, -0.2) is 30.4 Å². The van der Waals surface area contributed by atoms with E-state index in [0.717, 1.165) is 30.4 Å². The summed E-state index contributed by atoms with van der Waals surface area (Å²) in [4.78, 5) is 12.8. The Morgan fingerprint density at radius 1 is 1.21 bits per heavy atom. The molecule has 4 aliphatic rings. The van der Waals surface area contributed by atoms with E-state index in [-0.39, 0.29) is 29.2 Å². The van der Waals surface area contributed by atoms with Crippen LogP contribution in [-0.2, 0) is 4.79 Å². The fraction of sp³-hybridized carbons (Fsp3) is 0.567. The standard InChI is InChI=1S/C30H37NO2/c1-5-6-16-30(33)17-15-27-25-13-9-21-18-23(32)12-14-24(21)28(25)26(19-29(27,30)2)20-7-10-22(11-8-20)31(3)4/h7-8,10-11,18,25-27,33H,5,9,12-15,17,19H2,1-4H3/t25-,26+,27-,29-,30-/m0/s1/i3D3,4D3,5D2. The molecule has 1 aromatic carbocycles. The molecule has 174 valence electrons. The molecule has 0 aliphatic heterocycles. The van der Waals surface area contributed by atoms with E-state index in [1.165, 1.54) is 18.1 Å². The molecule has 4 aliphatic carbocycles. The van der Waals surface area contributed by atoms with Crippen molar-refractivity contribution in [3.8, 4) is 11.8 Å². The third-order valence-corrected chi connectivity index (χ3v) is 8.83. The lowest BCUT2D eigenvalue weighted by molar-refractivity contribution is -0.114. The summed E-state index contributed by atoms with van der Waals surface area (Å²) in [6.07, 6.45) is 4.57. The largest absolute Gasteiger partial charge is 0.378 e. The molecule has 0 aromatic heterocycles. The number of hydrogen-bond donors (Lipinski definition) is 1. The maximum absolute atomic E-state index is 12.3. The van der Waals surface area contributed by atoms with Crippen molar-refractivity contribution in [2.24, 2.45) is 17.3 Å². The summed E-state index contributed by atoms with van der Waals surface area (Å²) in [5.74, 6) is 5.89. The normalized spacial score (nSPS) is 39.9. The maximum Gasteiger partial charge on any atom is 0.156 e. The minimum atomic E-state index is -2.85. The quantitative estimate of drug-likeness (QED) is 0.578. The summed E-state index contributed by atoms with van der Waals surface area (Å²) in [5, 5.41) is 12.0. The number of ketones is 1. The van der Waals surface area contributed by atoms with Gasteiger partial charge in [-0.25, -0.2) is 0 Å². The first kappa shape index (κ1) is 14.8. The third-order valence-electron chi connectivity index (χ3n) is 8.83. The molecule has 33 heavy (non-hydrogen) atoms. The minimum Gasteiger partial charge on any atom is -0.378 e. The number of nitrogens with zero attached hydrogens (tertiary/aromatic N) is 1. The van der Waals surface area contributed by atoms with Crippen molar-refractivity contribution in [1.29, 1.82) is 0 Å². The van der Waals surface area contributed by atoms with E-state index in [1.807, 2.05) is 0 Å². The van der Waals surface area contributed by atoms with Crippen molar-refractivity contribution >= 4 is 11.5 Å². The van der Waals surface area contributed by atoms with Gasteiger partial charge in [-0.2, -0.15) is 0 Å². The summed E-state index contributed by atoms with van der Waals surface area (Å²) in [7, 11) is 0. The molecule has 1 N–H and O–H groups in total. The Kier molecular flexibility index (Phi) is 3.68. The Morgan fingerprint density at radius 2 is 2.00 bits per heavy atom. The molecule has 1 aromatic rings. The highest BCUT2D eigenvalue weighted by Gasteiger charge is 2.62. The first-order valence-electron chi connectivity index (χ1n) is 16.0. The number of aliphatic hydroxyl groups is 1. The van der Waals surface area contributed by atoms with Gasteiger partial charge in [0.1, 0.15) is 5.60 Å². The van der Waals surface area contributed by atoms with Gasteiger partial charge in [0.05, 0.1) is 0 Å². The molecule has 0 unspecified atom stereocenters. The van der Waals surface area contributed by atoms with Crippen LogP contribution in [0.3, 0.4) is 0 Å². The van der Waals surface area contributed by atoms with Crippen LogP contribution in [0.1, 0.15) is 87.6 Å². The number of rotatable bonds is 2. The van der Waals surface area contributed by atoms with Crippen LogP contribution in [0.5, 0.6) is 0 Å². The van der Waals surface area contributed by atoms with Crippen LogP contribution >= 0.6 is 0 Å². The lowest BCUT2D eigenvalue weighted by atomic mass is 9.51. The van der Waals surface area contributed by atoms with Gasteiger partial charge < -0.3 is 10.0 Å². The molecule has 2 fully saturated rings. The van der Waals surface area contributed by atoms with Gasteiger partial charge in [0.15, 0.2) is 5.78 Å². The molecule has 0 spiro atoms. The molecule has 0 heterocycles. The number of carbonyl (C=O) groups is 1. The van der Waals surface area contributed by atoms with Gasteiger partial charge in [-0.05, 0) is 85.3 Å².